The molecule has 0 amide bonds. The largest absolute Gasteiger partial charge is 0.256 e. The van der Waals surface area contributed by atoms with E-state index < -0.39 is 0 Å². The lowest BCUT2D eigenvalue weighted by Gasteiger charge is -2.26. The molecule has 0 spiro atoms. The van der Waals surface area contributed by atoms with E-state index in [1.165, 1.54) is 149 Å². The lowest BCUT2D eigenvalue weighted by Crippen LogP contribution is -2.56. The van der Waals surface area contributed by atoms with Crippen molar-refractivity contribution in [2.75, 3.05) is 0 Å². The molecule has 6 heteroatoms. The van der Waals surface area contributed by atoms with Gasteiger partial charge in [-0.1, -0.05) is 350 Å². The second-order valence-electron chi connectivity index (χ2n) is 30.3. The van der Waals surface area contributed by atoms with E-state index in [9.17, 15) is 0 Å². The molecule has 13 aromatic rings. The van der Waals surface area contributed by atoms with E-state index in [0.717, 1.165) is 67.2 Å². The quantitative estimate of drug-likeness (QED) is 0.0804. The van der Waals surface area contributed by atoms with E-state index >= 15 is 0 Å². The van der Waals surface area contributed by atoms with Crippen LogP contribution in [0.5, 0.6) is 0 Å². The zero-order valence-electron chi connectivity index (χ0n) is 64.8. The molecule has 0 radical (unpaired) electrons. The smallest absolute Gasteiger partial charge is 0.243 e. The van der Waals surface area contributed by atoms with Gasteiger partial charge in [0.1, 0.15) is 0 Å². The van der Waals surface area contributed by atoms with Crippen LogP contribution in [0.4, 0.5) is 0 Å². The Morgan fingerprint density at radius 1 is 0.200 bits per heavy atom. The van der Waals surface area contributed by atoms with Gasteiger partial charge in [-0.3, -0.25) is 15.0 Å². The Balaban J connectivity index is 0.846. The Morgan fingerprint density at radius 2 is 0.381 bits per heavy atom. The average Bonchev–Trinajstić information content (AvgIpc) is 0.767. The third-order valence-electron chi connectivity index (χ3n) is 21.6. The third kappa shape index (κ3) is 15.5. The summed E-state index contributed by atoms with van der Waals surface area (Å²) in [7, 11) is 0. The van der Waals surface area contributed by atoms with Crippen LogP contribution in [0, 0.1) is 125 Å². The fourth-order valence-corrected chi connectivity index (χ4v) is 17.7. The molecule has 0 unspecified atom stereocenters. The molecule has 13 rings (SSSR count). The molecule has 0 aliphatic heterocycles. The highest BCUT2D eigenvalue weighted by molar-refractivity contribution is 6.98. The fourth-order valence-electron chi connectivity index (χ4n) is 17.7. The van der Waals surface area contributed by atoms with Crippen molar-refractivity contribution in [3.63, 3.8) is 0 Å². The Labute approximate surface area is 627 Å². The summed E-state index contributed by atoms with van der Waals surface area (Å²) in [5.74, 6) is 0. The average molecular weight is 1360 g/mol. The number of rotatable bonds is 18. The number of aryl methyl sites for hydroxylation is 18. The van der Waals surface area contributed by atoms with E-state index in [1.807, 2.05) is 18.6 Å². The highest BCUT2D eigenvalue weighted by atomic mass is 14.7. The van der Waals surface area contributed by atoms with Gasteiger partial charge in [-0.15, -0.1) is 0 Å². The zero-order valence-corrected chi connectivity index (χ0v) is 64.8. The highest BCUT2D eigenvalue weighted by Gasteiger charge is 2.34. The van der Waals surface area contributed by atoms with Crippen molar-refractivity contribution < 1.29 is 0 Å². The van der Waals surface area contributed by atoms with Crippen molar-refractivity contribution in [3.05, 3.63) is 352 Å². The Bertz CT molecular complexity index is 4700. The van der Waals surface area contributed by atoms with Crippen LogP contribution in [0.25, 0.3) is 70.2 Å². The van der Waals surface area contributed by atoms with Crippen LogP contribution in [-0.2, 0) is 0 Å². The van der Waals surface area contributed by atoms with Gasteiger partial charge in [0.05, 0.1) is 17.1 Å². The van der Waals surface area contributed by atoms with Gasteiger partial charge in [0.25, 0.3) is 0 Å². The molecule has 0 saturated carbocycles. The number of benzene rings is 10. The molecule has 0 fully saturated rings. The molecule has 10 aromatic carbocycles. The minimum absolute atomic E-state index is 0.0231. The number of aromatic nitrogens is 3. The predicted octanol–water partition coefficient (Wildman–Crippen LogP) is 18.5. The molecular formula is C99H96B3N3. The molecular weight excluding hydrogens is 1260 g/mol. The van der Waals surface area contributed by atoms with Crippen molar-refractivity contribution >= 4 is 106 Å². The third-order valence-corrected chi connectivity index (χ3v) is 21.6. The summed E-state index contributed by atoms with van der Waals surface area (Å²) in [5.41, 5.74) is 47.8. The van der Waals surface area contributed by atoms with E-state index in [1.54, 1.807) is 0 Å². The van der Waals surface area contributed by atoms with Crippen LogP contribution >= 0.6 is 0 Å². The molecule has 3 nitrogen and oxygen atoms in total. The van der Waals surface area contributed by atoms with E-state index in [4.69, 9.17) is 15.0 Å². The molecule has 0 bridgehead atoms. The summed E-state index contributed by atoms with van der Waals surface area (Å²) in [6.45, 7) is 40.6. The van der Waals surface area contributed by atoms with Gasteiger partial charge in [0, 0.05) is 18.6 Å². The Morgan fingerprint density at radius 3 is 0.562 bits per heavy atom. The normalized spacial score (nSPS) is 11.6. The summed E-state index contributed by atoms with van der Waals surface area (Å²) in [6.07, 6.45) is 19.2. The molecule has 105 heavy (non-hydrogen) atoms. The summed E-state index contributed by atoms with van der Waals surface area (Å²) in [4.78, 5) is 15.8. The van der Waals surface area contributed by atoms with Crippen LogP contribution in [0.3, 0.4) is 0 Å². The van der Waals surface area contributed by atoms with Crippen molar-refractivity contribution in [2.24, 2.45) is 0 Å². The molecule has 0 saturated heterocycles. The first-order chi connectivity index (χ1) is 50.4. The van der Waals surface area contributed by atoms with Gasteiger partial charge in [0.15, 0.2) is 0 Å². The van der Waals surface area contributed by atoms with Crippen molar-refractivity contribution in [3.8, 4) is 33.8 Å². The first-order valence-electron chi connectivity index (χ1n) is 37.3. The van der Waals surface area contributed by atoms with E-state index in [-0.39, 0.29) is 20.1 Å². The van der Waals surface area contributed by atoms with E-state index in [2.05, 4.69) is 361 Å². The van der Waals surface area contributed by atoms with Gasteiger partial charge >= 0.3 is 0 Å². The lowest BCUT2D eigenvalue weighted by atomic mass is 9.33. The van der Waals surface area contributed by atoms with Crippen LogP contribution < -0.4 is 49.2 Å². The lowest BCUT2D eigenvalue weighted by molar-refractivity contribution is 1.32. The maximum atomic E-state index is 5.26. The first-order valence-corrected chi connectivity index (χ1v) is 37.3. The summed E-state index contributed by atoms with van der Waals surface area (Å²) >= 11 is 0. The molecule has 0 N–H and O–H groups in total. The van der Waals surface area contributed by atoms with Gasteiger partial charge < -0.3 is 0 Å². The minimum atomic E-state index is 0.0231. The monoisotopic (exact) mass is 1360 g/mol. The standard InChI is InChI=1S/C99H96B3N3/c1-61-43-67(7)94(68(8)44-61)100(95-69(9)45-62(2)46-70(95)10)88-28-22-19-25-85(88)91-40-37-79(58-103-91)31-34-82-55-83(35-32-80-38-41-92(104-59-80)86-26-20-23-29-89(86)101(96-71(11)47-63(3)48-72(96)12)97-73(13)49-64(4)50-74(97)14)57-84(56-82)36-33-81-39-42-93(105-60-81)87-27-21-24-30-90(87)102(98-75(15)51-65(5)52-76(98)16)99-77(17)53-66(6)54-78(99)18/h19-60H,1-18H3/b34-31+,35-32+,36-33+. The predicted molar refractivity (Wildman–Crippen MR) is 460 cm³/mol. The van der Waals surface area contributed by atoms with E-state index in [0.29, 0.717) is 0 Å². The van der Waals surface area contributed by atoms with Crippen LogP contribution in [0.1, 0.15) is 134 Å². The SMILES string of the molecule is Cc1cc(C)c(B(c2ccccc2-c2ccc(/C=C/c3cc(/C=C/c4ccc(-c5ccccc5B(c5c(C)cc(C)cc5C)c5c(C)cc(C)cc5C)nc4)cc(/C=C/c4ccc(-c5ccccc5B(c5c(C)cc(C)cc5C)c5c(C)cc(C)cc5C)nc4)c3)cn2)c2c(C)cc(C)cc2C)c(C)c1. The van der Waals surface area contributed by atoms with Crippen LogP contribution in [0.15, 0.2) is 219 Å². The molecule has 0 aliphatic rings. The summed E-state index contributed by atoms with van der Waals surface area (Å²) in [6, 6.07) is 74.7. The maximum Gasteiger partial charge on any atom is 0.243 e. The van der Waals surface area contributed by atoms with Gasteiger partial charge in [0.2, 0.25) is 20.1 Å². The maximum absolute atomic E-state index is 5.26. The molecule has 3 aromatic heterocycles. The first kappa shape index (κ1) is 72.4. The minimum Gasteiger partial charge on any atom is -0.256 e. The molecule has 0 aliphatic carbocycles. The van der Waals surface area contributed by atoms with Crippen molar-refractivity contribution in [1.29, 1.82) is 0 Å². The molecule has 3 heterocycles. The Kier molecular flexibility index (Phi) is 21.2. The second kappa shape index (κ2) is 30.8. The number of hydrogen-bond acceptors (Lipinski definition) is 3. The number of hydrogen-bond donors (Lipinski definition) is 0. The van der Waals surface area contributed by atoms with Gasteiger partial charge in [-0.2, -0.15) is 0 Å². The Hall–Kier alpha value is -10.9. The number of nitrogens with zero attached hydrogens (tertiary/aromatic N) is 3. The highest BCUT2D eigenvalue weighted by Crippen LogP contribution is 2.27. The van der Waals surface area contributed by atoms with Gasteiger partial charge in [-0.05, 0) is 211 Å². The van der Waals surface area contributed by atoms with Gasteiger partial charge in [-0.25, -0.2) is 0 Å². The summed E-state index contributed by atoms with van der Waals surface area (Å²) in [5, 5.41) is 0. The van der Waals surface area contributed by atoms with Crippen LogP contribution in [0.2, 0.25) is 0 Å². The van der Waals surface area contributed by atoms with Crippen molar-refractivity contribution in [1.82, 2.24) is 15.0 Å². The zero-order chi connectivity index (χ0) is 74.1. The molecule has 516 valence electrons. The van der Waals surface area contributed by atoms with Crippen molar-refractivity contribution in [2.45, 2.75) is 125 Å². The second-order valence-corrected chi connectivity index (χ2v) is 30.3. The number of pyridine rings is 3. The molecule has 0 atom stereocenters. The fraction of sp³-hybridized carbons (Fsp3) is 0.182. The topological polar surface area (TPSA) is 38.7 Å². The van der Waals surface area contributed by atoms with Crippen LogP contribution in [-0.4, -0.2) is 35.1 Å². The summed E-state index contributed by atoms with van der Waals surface area (Å²) < 4.78 is 0.